The molecule has 2 aliphatic rings. The Kier molecular flexibility index (Phi) is 6.86. The van der Waals surface area contributed by atoms with Gasteiger partial charge >= 0.3 is 5.97 Å². The molecule has 0 spiro atoms. The fourth-order valence-electron chi connectivity index (χ4n) is 3.55. The molecule has 1 aromatic carbocycles. The van der Waals surface area contributed by atoms with E-state index in [9.17, 15) is 24.5 Å². The molecule has 3 heterocycles. The molecular formula is C21H20N4O7S2. The first kappa shape index (κ1) is 23.7. The van der Waals surface area contributed by atoms with E-state index in [2.05, 4.69) is 5.32 Å². The Balaban J connectivity index is 1.45. The quantitative estimate of drug-likeness (QED) is 0.235. The molecule has 0 aliphatic carbocycles. The smallest absolute Gasteiger partial charge is 0.357 e. The van der Waals surface area contributed by atoms with Crippen molar-refractivity contribution in [2.24, 2.45) is 5.73 Å². The van der Waals surface area contributed by atoms with E-state index in [0.29, 0.717) is 5.56 Å². The number of hydrogen-bond donors (Lipinski definition) is 2. The molecule has 1 unspecified atom stereocenters. The molecule has 178 valence electrons. The van der Waals surface area contributed by atoms with Crippen molar-refractivity contribution in [2.45, 2.75) is 29.9 Å². The molecular weight excluding hydrogens is 484 g/mol. The average molecular weight is 505 g/mol. The number of ether oxygens (including phenoxy) is 2. The summed E-state index contributed by atoms with van der Waals surface area (Å²) >= 11 is 2.65. The standard InChI is InChI=1S/C21H20N4O7S2/c1-31-21-15(22)17(20(28)32-10-11-4-6-12(7-5-11)25(29)30)24-18(27)16(19(24)34-21)23-14(26)9-13-3-2-8-33-13/h2-8,16,19,21H,9-10,22H2,1H3,(H,23,26)/t16-,19-,21?/m1/s1. The number of thiophene rings is 1. The Morgan fingerprint density at radius 1 is 1.26 bits per heavy atom. The summed E-state index contributed by atoms with van der Waals surface area (Å²) in [6.45, 7) is -0.175. The van der Waals surface area contributed by atoms with Crippen LogP contribution in [0.1, 0.15) is 10.4 Å². The van der Waals surface area contributed by atoms with Crippen molar-refractivity contribution >= 4 is 46.6 Å². The lowest BCUT2D eigenvalue weighted by Gasteiger charge is -2.50. The molecule has 34 heavy (non-hydrogen) atoms. The second kappa shape index (κ2) is 9.83. The molecule has 0 radical (unpaired) electrons. The summed E-state index contributed by atoms with van der Waals surface area (Å²) in [6, 6.07) is 8.37. The van der Waals surface area contributed by atoms with Crippen LogP contribution in [0.15, 0.2) is 53.2 Å². The van der Waals surface area contributed by atoms with Gasteiger partial charge in [0.25, 0.3) is 11.6 Å². The normalized spacial score (nSPS) is 21.5. The van der Waals surface area contributed by atoms with Crippen LogP contribution < -0.4 is 11.1 Å². The highest BCUT2D eigenvalue weighted by Crippen LogP contribution is 2.43. The van der Waals surface area contributed by atoms with Gasteiger partial charge in [0.1, 0.15) is 23.5 Å². The number of fused-ring (bicyclic) bond motifs is 1. The van der Waals surface area contributed by atoms with Gasteiger partial charge in [-0.15, -0.1) is 11.3 Å². The number of nitrogens with two attached hydrogens (primary N) is 1. The Labute approximate surface area is 202 Å². The first-order chi connectivity index (χ1) is 16.3. The minimum absolute atomic E-state index is 0.0363. The van der Waals surface area contributed by atoms with E-state index >= 15 is 0 Å². The van der Waals surface area contributed by atoms with Gasteiger partial charge in [0.15, 0.2) is 5.70 Å². The summed E-state index contributed by atoms with van der Waals surface area (Å²) in [5.74, 6) is -1.61. The fourth-order valence-corrected chi connectivity index (χ4v) is 5.55. The number of carbonyl (C=O) groups excluding carboxylic acids is 3. The minimum atomic E-state index is -0.833. The summed E-state index contributed by atoms with van der Waals surface area (Å²) < 4.78 is 10.7. The minimum Gasteiger partial charge on any atom is -0.456 e. The van der Waals surface area contributed by atoms with E-state index < -0.39 is 33.7 Å². The monoisotopic (exact) mass is 504 g/mol. The number of amides is 2. The van der Waals surface area contributed by atoms with Gasteiger partial charge in [0.2, 0.25) is 5.91 Å². The van der Waals surface area contributed by atoms with E-state index in [4.69, 9.17) is 15.2 Å². The Hall–Kier alpha value is -3.42. The number of esters is 1. The van der Waals surface area contributed by atoms with E-state index in [0.717, 1.165) is 4.88 Å². The van der Waals surface area contributed by atoms with Crippen LogP contribution in [-0.2, 0) is 36.9 Å². The molecule has 0 bridgehead atoms. The molecule has 2 aliphatic heterocycles. The number of nitro groups is 1. The van der Waals surface area contributed by atoms with Gasteiger partial charge in [0.05, 0.1) is 17.0 Å². The highest BCUT2D eigenvalue weighted by Gasteiger charge is 2.56. The van der Waals surface area contributed by atoms with Gasteiger partial charge < -0.3 is 20.5 Å². The summed E-state index contributed by atoms with van der Waals surface area (Å²) in [6.07, 6.45) is 0.147. The van der Waals surface area contributed by atoms with Crippen LogP contribution >= 0.6 is 23.1 Å². The van der Waals surface area contributed by atoms with Gasteiger partial charge in [-0.25, -0.2) is 4.79 Å². The topological polar surface area (TPSA) is 154 Å². The first-order valence-corrected chi connectivity index (χ1v) is 11.9. The zero-order chi connectivity index (χ0) is 24.4. The van der Waals surface area contributed by atoms with Crippen molar-refractivity contribution < 1.29 is 28.8 Å². The number of nitrogens with one attached hydrogen (secondary N) is 1. The van der Waals surface area contributed by atoms with Crippen LogP contribution in [-0.4, -0.2) is 51.6 Å². The second-order valence-electron chi connectivity index (χ2n) is 7.41. The third-order valence-electron chi connectivity index (χ3n) is 5.23. The van der Waals surface area contributed by atoms with Crippen LogP contribution in [0, 0.1) is 10.1 Å². The summed E-state index contributed by atoms with van der Waals surface area (Å²) in [7, 11) is 1.42. The zero-order valence-corrected chi connectivity index (χ0v) is 19.5. The molecule has 2 aromatic rings. The van der Waals surface area contributed by atoms with E-state index in [1.54, 1.807) is 0 Å². The molecule has 4 rings (SSSR count). The van der Waals surface area contributed by atoms with Gasteiger partial charge in [0, 0.05) is 24.1 Å². The van der Waals surface area contributed by atoms with Crippen molar-refractivity contribution in [3.05, 3.63) is 73.7 Å². The number of nitrogens with zero attached hydrogens (tertiary/aromatic N) is 2. The Morgan fingerprint density at radius 3 is 2.62 bits per heavy atom. The average Bonchev–Trinajstić information content (AvgIpc) is 3.34. The van der Waals surface area contributed by atoms with Gasteiger partial charge in [-0.05, 0) is 29.1 Å². The number of methoxy groups -OCH3 is 1. The fraction of sp³-hybridized carbons (Fsp3) is 0.286. The van der Waals surface area contributed by atoms with Crippen molar-refractivity contribution in [3.63, 3.8) is 0 Å². The lowest BCUT2D eigenvalue weighted by atomic mass is 10.0. The largest absolute Gasteiger partial charge is 0.456 e. The number of non-ortho nitro benzene ring substituents is 1. The summed E-state index contributed by atoms with van der Waals surface area (Å²) in [5.41, 5.74) is 5.75. The van der Waals surface area contributed by atoms with Gasteiger partial charge in [-0.1, -0.05) is 17.8 Å². The third-order valence-corrected chi connectivity index (χ3v) is 7.56. The Bertz CT molecular complexity index is 1150. The van der Waals surface area contributed by atoms with Crippen LogP contribution in [0.5, 0.6) is 0 Å². The second-order valence-corrected chi connectivity index (χ2v) is 9.62. The lowest BCUT2D eigenvalue weighted by Crippen LogP contribution is -2.71. The third kappa shape index (κ3) is 4.62. The molecule has 11 nitrogen and oxygen atoms in total. The molecule has 3 atom stereocenters. The highest BCUT2D eigenvalue weighted by atomic mass is 32.2. The lowest BCUT2D eigenvalue weighted by molar-refractivity contribution is -0.384. The molecule has 1 aromatic heterocycles. The van der Waals surface area contributed by atoms with Crippen LogP contribution in [0.2, 0.25) is 0 Å². The number of thioether (sulfide) groups is 1. The molecule has 3 N–H and O–H groups in total. The summed E-state index contributed by atoms with van der Waals surface area (Å²) in [4.78, 5) is 50.5. The van der Waals surface area contributed by atoms with Crippen molar-refractivity contribution in [1.82, 2.24) is 10.2 Å². The van der Waals surface area contributed by atoms with Crippen molar-refractivity contribution in [2.75, 3.05) is 7.11 Å². The molecule has 0 saturated carbocycles. The van der Waals surface area contributed by atoms with Crippen LogP contribution in [0.25, 0.3) is 0 Å². The molecule has 1 fully saturated rings. The molecule has 13 heteroatoms. The van der Waals surface area contributed by atoms with Crippen LogP contribution in [0.4, 0.5) is 5.69 Å². The molecule has 1 saturated heterocycles. The van der Waals surface area contributed by atoms with Crippen LogP contribution in [0.3, 0.4) is 0 Å². The van der Waals surface area contributed by atoms with Gasteiger partial charge in [-0.2, -0.15) is 0 Å². The van der Waals surface area contributed by atoms with Crippen molar-refractivity contribution in [3.8, 4) is 0 Å². The maximum Gasteiger partial charge on any atom is 0.357 e. The number of carbonyl (C=O) groups is 3. The maximum absolute atomic E-state index is 12.9. The number of benzene rings is 1. The SMILES string of the molecule is COC1S[C@@H]2[C@H](NC(=O)Cc3cccs3)C(=O)N2C(C(=O)OCc2ccc([N+](=O)[O-])cc2)=C1N. The summed E-state index contributed by atoms with van der Waals surface area (Å²) in [5, 5.41) is 14.8. The number of β-lactam (4-membered cyclic amide) rings is 1. The van der Waals surface area contributed by atoms with Crippen molar-refractivity contribution in [1.29, 1.82) is 0 Å². The Morgan fingerprint density at radius 2 is 2.00 bits per heavy atom. The zero-order valence-electron chi connectivity index (χ0n) is 17.8. The van der Waals surface area contributed by atoms with E-state index in [1.807, 2.05) is 17.5 Å². The van der Waals surface area contributed by atoms with E-state index in [1.165, 1.54) is 59.4 Å². The number of rotatable bonds is 8. The highest BCUT2D eigenvalue weighted by molar-refractivity contribution is 8.00. The van der Waals surface area contributed by atoms with E-state index in [-0.39, 0.29) is 36.0 Å². The van der Waals surface area contributed by atoms with Gasteiger partial charge in [-0.3, -0.25) is 24.6 Å². The predicted molar refractivity (Wildman–Crippen MR) is 123 cm³/mol. The first-order valence-electron chi connectivity index (χ1n) is 10.0. The number of hydrogen-bond acceptors (Lipinski definition) is 10. The predicted octanol–water partition coefficient (Wildman–Crippen LogP) is 1.48. The molecule has 2 amide bonds. The number of nitro benzene ring substituents is 1. The maximum atomic E-state index is 12.9.